The van der Waals surface area contributed by atoms with Gasteiger partial charge < -0.3 is 0 Å². The lowest BCUT2D eigenvalue weighted by Gasteiger charge is -2.00. The van der Waals surface area contributed by atoms with Gasteiger partial charge in [-0.05, 0) is 36.6 Å². The molecule has 0 amide bonds. The zero-order valence-electron chi connectivity index (χ0n) is 7.98. The van der Waals surface area contributed by atoms with E-state index < -0.39 is 0 Å². The van der Waals surface area contributed by atoms with Crippen LogP contribution in [0.25, 0.3) is 0 Å². The fourth-order valence-corrected chi connectivity index (χ4v) is 1.41. The fraction of sp³-hybridized carbons (Fsp3) is 0.154. The van der Waals surface area contributed by atoms with Crippen molar-refractivity contribution in [2.45, 2.75) is 12.8 Å². The maximum Gasteiger partial charge on any atom is 0.0406 e. The zero-order valence-corrected chi connectivity index (χ0v) is 7.98. The lowest BCUT2D eigenvalue weighted by Crippen LogP contribution is -1.92. The third-order valence-electron chi connectivity index (χ3n) is 2.18. The van der Waals surface area contributed by atoms with Gasteiger partial charge in [-0.25, -0.2) is 0 Å². The Kier molecular flexibility index (Phi) is 2.92. The summed E-state index contributed by atoms with van der Waals surface area (Å²) in [5.41, 5.74) is 2.50. The van der Waals surface area contributed by atoms with Crippen LogP contribution in [0.4, 0.5) is 0 Å². The number of aromatic nitrogens is 1. The van der Waals surface area contributed by atoms with E-state index in [1.54, 1.807) is 0 Å². The summed E-state index contributed by atoms with van der Waals surface area (Å²) in [5.74, 6) is 0. The predicted octanol–water partition coefficient (Wildman–Crippen LogP) is 2.67. The summed E-state index contributed by atoms with van der Waals surface area (Å²) in [6.45, 7) is 0. The summed E-state index contributed by atoms with van der Waals surface area (Å²) in [7, 11) is 0. The van der Waals surface area contributed by atoms with Crippen LogP contribution in [0.15, 0.2) is 48.7 Å². The normalized spacial score (nSPS) is 10.0. The van der Waals surface area contributed by atoms with E-state index >= 15 is 0 Å². The van der Waals surface area contributed by atoms with Gasteiger partial charge in [0.05, 0.1) is 0 Å². The van der Waals surface area contributed by atoms with E-state index in [-0.39, 0.29) is 0 Å². The van der Waals surface area contributed by atoms with E-state index in [0.717, 1.165) is 18.5 Å². The molecule has 1 aromatic heterocycles. The Morgan fingerprint density at radius 3 is 2.57 bits per heavy atom. The number of aryl methyl sites for hydroxylation is 2. The molecule has 2 rings (SSSR count). The highest BCUT2D eigenvalue weighted by Crippen LogP contribution is 2.04. The van der Waals surface area contributed by atoms with Crippen LogP contribution in [0, 0.1) is 6.07 Å². The molecule has 14 heavy (non-hydrogen) atoms. The van der Waals surface area contributed by atoms with Crippen LogP contribution in [0.3, 0.4) is 0 Å². The second-order valence-electron chi connectivity index (χ2n) is 3.23. The Morgan fingerprint density at radius 2 is 1.86 bits per heavy atom. The Hall–Kier alpha value is -1.63. The molecular formula is C13H12N. The van der Waals surface area contributed by atoms with Crippen LogP contribution < -0.4 is 0 Å². The number of rotatable bonds is 3. The number of nitrogens with zero attached hydrogens (tertiary/aromatic N) is 1. The monoisotopic (exact) mass is 182 g/mol. The highest BCUT2D eigenvalue weighted by molar-refractivity contribution is 5.15. The number of pyridine rings is 1. The van der Waals surface area contributed by atoms with E-state index in [9.17, 15) is 0 Å². The van der Waals surface area contributed by atoms with Gasteiger partial charge in [-0.15, -0.1) is 0 Å². The summed E-state index contributed by atoms with van der Waals surface area (Å²) >= 11 is 0. The first-order valence-corrected chi connectivity index (χ1v) is 4.80. The minimum absolute atomic E-state index is 1.00. The van der Waals surface area contributed by atoms with Crippen molar-refractivity contribution >= 4 is 0 Å². The molecule has 0 atom stereocenters. The molecule has 0 spiro atoms. The molecule has 0 N–H and O–H groups in total. The van der Waals surface area contributed by atoms with Gasteiger partial charge in [0.1, 0.15) is 0 Å². The maximum absolute atomic E-state index is 4.29. The first kappa shape index (κ1) is 8.95. The maximum atomic E-state index is 4.29. The van der Waals surface area contributed by atoms with Gasteiger partial charge in [0.15, 0.2) is 0 Å². The lowest BCUT2D eigenvalue weighted by atomic mass is 10.1. The average molecular weight is 182 g/mol. The molecular weight excluding hydrogens is 170 g/mol. The molecule has 0 aliphatic carbocycles. The van der Waals surface area contributed by atoms with Crippen LogP contribution in [0.5, 0.6) is 0 Å². The summed E-state index contributed by atoms with van der Waals surface area (Å²) in [5, 5.41) is 0. The average Bonchev–Trinajstić information content (AvgIpc) is 2.29. The molecule has 1 radical (unpaired) electrons. The van der Waals surface area contributed by atoms with Crippen molar-refractivity contribution in [3.8, 4) is 0 Å². The molecule has 0 aliphatic heterocycles. The number of hydrogen-bond donors (Lipinski definition) is 0. The van der Waals surface area contributed by atoms with E-state index in [4.69, 9.17) is 0 Å². The second-order valence-corrected chi connectivity index (χ2v) is 3.23. The van der Waals surface area contributed by atoms with Crippen molar-refractivity contribution in [2.24, 2.45) is 0 Å². The molecule has 0 fully saturated rings. The van der Waals surface area contributed by atoms with Crippen molar-refractivity contribution in [3.05, 3.63) is 66.0 Å². The van der Waals surface area contributed by atoms with Crippen LogP contribution in [0.2, 0.25) is 0 Å². The van der Waals surface area contributed by atoms with E-state index in [1.165, 1.54) is 5.56 Å². The van der Waals surface area contributed by atoms with E-state index in [2.05, 4.69) is 29.2 Å². The minimum atomic E-state index is 1.00. The van der Waals surface area contributed by atoms with Crippen LogP contribution >= 0.6 is 0 Å². The van der Waals surface area contributed by atoms with E-state index in [0.29, 0.717) is 0 Å². The van der Waals surface area contributed by atoms with Crippen LogP contribution in [0.1, 0.15) is 11.3 Å². The largest absolute Gasteiger partial charge is 0.261 e. The smallest absolute Gasteiger partial charge is 0.0406 e. The van der Waals surface area contributed by atoms with Crippen molar-refractivity contribution in [2.75, 3.05) is 0 Å². The van der Waals surface area contributed by atoms with Crippen LogP contribution in [-0.2, 0) is 12.8 Å². The zero-order chi connectivity index (χ0) is 9.64. The van der Waals surface area contributed by atoms with Gasteiger partial charge in [-0.3, -0.25) is 4.98 Å². The molecule has 2 aromatic rings. The van der Waals surface area contributed by atoms with Crippen molar-refractivity contribution in [1.29, 1.82) is 0 Å². The Balaban J connectivity index is 1.96. The minimum Gasteiger partial charge on any atom is -0.261 e. The fourth-order valence-electron chi connectivity index (χ4n) is 1.41. The van der Waals surface area contributed by atoms with Crippen molar-refractivity contribution in [3.63, 3.8) is 0 Å². The highest BCUT2D eigenvalue weighted by atomic mass is 14.7. The summed E-state index contributed by atoms with van der Waals surface area (Å²) in [4.78, 5) is 4.29. The molecule has 1 heterocycles. The third kappa shape index (κ3) is 2.43. The Morgan fingerprint density at radius 1 is 1.00 bits per heavy atom. The topological polar surface area (TPSA) is 12.9 Å². The van der Waals surface area contributed by atoms with E-state index in [1.807, 2.05) is 30.5 Å². The first-order chi connectivity index (χ1) is 6.95. The Labute approximate surface area is 84.4 Å². The summed E-state index contributed by atoms with van der Waals surface area (Å²) < 4.78 is 0. The molecule has 0 unspecified atom stereocenters. The van der Waals surface area contributed by atoms with Gasteiger partial charge in [0.25, 0.3) is 0 Å². The molecule has 0 aliphatic rings. The summed E-state index contributed by atoms with van der Waals surface area (Å²) in [6.07, 6.45) is 3.89. The van der Waals surface area contributed by atoms with Gasteiger partial charge >= 0.3 is 0 Å². The molecule has 69 valence electrons. The van der Waals surface area contributed by atoms with Crippen LogP contribution in [-0.4, -0.2) is 4.98 Å². The standard InChI is InChI=1S/C13H12N/c1-2-6-12(7-3-1)9-10-13-8-4-5-11-14-13/h2-8,11H,9-10H2. The van der Waals surface area contributed by atoms with Crippen molar-refractivity contribution in [1.82, 2.24) is 4.98 Å². The molecule has 0 saturated heterocycles. The number of hydrogen-bond acceptors (Lipinski definition) is 1. The lowest BCUT2D eigenvalue weighted by molar-refractivity contribution is 0.914. The third-order valence-corrected chi connectivity index (χ3v) is 2.18. The highest BCUT2D eigenvalue weighted by Gasteiger charge is 1.94. The molecule has 1 aromatic carbocycles. The Bertz CT molecular complexity index is 327. The van der Waals surface area contributed by atoms with Crippen molar-refractivity contribution < 1.29 is 0 Å². The molecule has 0 bridgehead atoms. The van der Waals surface area contributed by atoms with Gasteiger partial charge in [0.2, 0.25) is 0 Å². The second kappa shape index (κ2) is 4.56. The SMILES string of the molecule is [c]1ccc(CCc2ccccn2)cc1. The predicted molar refractivity (Wildman–Crippen MR) is 56.9 cm³/mol. The molecule has 1 heteroatoms. The first-order valence-electron chi connectivity index (χ1n) is 4.80. The molecule has 1 nitrogen and oxygen atoms in total. The summed E-state index contributed by atoms with van der Waals surface area (Å²) in [6, 6.07) is 17.2. The molecule has 0 saturated carbocycles. The van der Waals surface area contributed by atoms with Gasteiger partial charge in [-0.2, -0.15) is 0 Å². The quantitative estimate of drug-likeness (QED) is 0.711. The number of benzene rings is 1. The van der Waals surface area contributed by atoms with Gasteiger partial charge in [0, 0.05) is 11.9 Å². The van der Waals surface area contributed by atoms with Gasteiger partial charge in [-0.1, -0.05) is 30.3 Å².